The molecule has 26 heavy (non-hydrogen) atoms. The summed E-state index contributed by atoms with van der Waals surface area (Å²) < 4.78 is 5.18. The average molecular weight is 355 g/mol. The van der Waals surface area contributed by atoms with Crippen LogP contribution in [-0.2, 0) is 9.53 Å². The minimum absolute atomic E-state index is 0.320. The van der Waals surface area contributed by atoms with E-state index in [0.717, 1.165) is 17.7 Å². The Labute approximate surface area is 151 Å². The van der Waals surface area contributed by atoms with Gasteiger partial charge in [0.25, 0.3) is 5.91 Å². The van der Waals surface area contributed by atoms with Crippen LogP contribution in [-0.4, -0.2) is 72.1 Å². The normalized spacial score (nSPS) is 24.3. The maximum absolute atomic E-state index is 12.4. The second kappa shape index (κ2) is 6.45. The van der Waals surface area contributed by atoms with Crippen molar-refractivity contribution < 1.29 is 14.3 Å². The molecule has 4 rings (SSSR count). The lowest BCUT2D eigenvalue weighted by molar-refractivity contribution is -0.126. The fourth-order valence-electron chi connectivity index (χ4n) is 3.55. The molecular weight excluding hydrogens is 334 g/mol. The molecule has 1 N–H and O–H groups in total. The standard InChI is InChI=1S/C18H21N5O3/c1-21-15-14(16(24)20-18(21)25)23-11-13(12-7-4-3-5-8-12)22(17(23)19-15)9-6-10-26-2/h3-5,7-8,11,14-15H,6,9-10H2,1-2H3,(H,20,24,25). The highest BCUT2D eigenvalue weighted by molar-refractivity contribution is 6.06. The summed E-state index contributed by atoms with van der Waals surface area (Å²) >= 11 is 0. The van der Waals surface area contributed by atoms with E-state index in [0.29, 0.717) is 19.1 Å². The molecule has 3 heterocycles. The zero-order chi connectivity index (χ0) is 18.3. The Balaban J connectivity index is 1.70. The first-order valence-electron chi connectivity index (χ1n) is 8.59. The first kappa shape index (κ1) is 16.6. The molecule has 3 amide bonds. The van der Waals surface area contributed by atoms with Gasteiger partial charge in [0.05, 0.1) is 5.70 Å². The number of hydrogen-bond donors (Lipinski definition) is 1. The number of benzene rings is 1. The number of hydrogen-bond acceptors (Lipinski definition) is 6. The molecule has 0 bridgehead atoms. The number of ether oxygens (including phenoxy) is 1. The summed E-state index contributed by atoms with van der Waals surface area (Å²) in [5.74, 6) is 0.380. The smallest absolute Gasteiger partial charge is 0.325 e. The van der Waals surface area contributed by atoms with Crippen LogP contribution in [0.3, 0.4) is 0 Å². The molecule has 1 fully saturated rings. The summed E-state index contributed by atoms with van der Waals surface area (Å²) in [6.45, 7) is 1.35. The Hall–Kier alpha value is -2.87. The van der Waals surface area contributed by atoms with Crippen molar-refractivity contribution >= 4 is 23.6 Å². The van der Waals surface area contributed by atoms with Gasteiger partial charge in [-0.1, -0.05) is 30.3 Å². The highest BCUT2D eigenvalue weighted by Gasteiger charge is 2.51. The molecule has 8 nitrogen and oxygen atoms in total. The van der Waals surface area contributed by atoms with Crippen LogP contribution in [0.4, 0.5) is 4.79 Å². The van der Waals surface area contributed by atoms with E-state index in [2.05, 4.69) is 10.2 Å². The van der Waals surface area contributed by atoms with E-state index in [4.69, 9.17) is 9.73 Å². The average Bonchev–Trinajstić information content (AvgIpc) is 3.18. The third-order valence-corrected chi connectivity index (χ3v) is 4.87. The van der Waals surface area contributed by atoms with Gasteiger partial charge in [0.1, 0.15) is 0 Å². The van der Waals surface area contributed by atoms with Gasteiger partial charge in [-0.05, 0) is 12.0 Å². The highest BCUT2D eigenvalue weighted by Crippen LogP contribution is 2.35. The molecule has 1 saturated heterocycles. The first-order valence-corrected chi connectivity index (χ1v) is 8.59. The van der Waals surface area contributed by atoms with Crippen LogP contribution in [0.25, 0.3) is 5.70 Å². The van der Waals surface area contributed by atoms with Gasteiger partial charge in [0.2, 0.25) is 5.96 Å². The zero-order valence-corrected chi connectivity index (χ0v) is 14.8. The summed E-state index contributed by atoms with van der Waals surface area (Å²) in [4.78, 5) is 34.5. The lowest BCUT2D eigenvalue weighted by Crippen LogP contribution is -2.62. The number of guanidine groups is 1. The molecule has 0 aliphatic carbocycles. The van der Waals surface area contributed by atoms with Crippen molar-refractivity contribution in [1.29, 1.82) is 0 Å². The maximum atomic E-state index is 12.4. The van der Waals surface area contributed by atoms with E-state index in [1.165, 1.54) is 4.90 Å². The molecular formula is C18H21N5O3. The third kappa shape index (κ3) is 2.53. The topological polar surface area (TPSA) is 77.5 Å². The van der Waals surface area contributed by atoms with Gasteiger partial charge in [-0.25, -0.2) is 9.79 Å². The summed E-state index contributed by atoms with van der Waals surface area (Å²) in [7, 11) is 3.33. The van der Waals surface area contributed by atoms with Crippen molar-refractivity contribution in [1.82, 2.24) is 20.0 Å². The SMILES string of the molecule is COCCCN1C(c2ccccc2)=CN2C1=NC1C2C(=O)NC(=O)N1C. The minimum atomic E-state index is -0.543. The monoisotopic (exact) mass is 355 g/mol. The number of urea groups is 1. The summed E-state index contributed by atoms with van der Waals surface area (Å²) in [6, 6.07) is 9.05. The number of nitrogens with zero attached hydrogens (tertiary/aromatic N) is 4. The van der Waals surface area contributed by atoms with Crippen LogP contribution in [0.1, 0.15) is 12.0 Å². The number of nitrogens with one attached hydrogen (secondary N) is 1. The van der Waals surface area contributed by atoms with Crippen molar-refractivity contribution in [3.05, 3.63) is 42.1 Å². The van der Waals surface area contributed by atoms with E-state index >= 15 is 0 Å². The molecule has 2 unspecified atom stereocenters. The van der Waals surface area contributed by atoms with Crippen LogP contribution in [0.2, 0.25) is 0 Å². The minimum Gasteiger partial charge on any atom is -0.385 e. The van der Waals surface area contributed by atoms with Crippen LogP contribution >= 0.6 is 0 Å². The molecule has 0 aromatic heterocycles. The fraction of sp³-hybridized carbons (Fsp3) is 0.389. The molecule has 1 aromatic rings. The quantitative estimate of drug-likeness (QED) is 0.794. The summed E-state index contributed by atoms with van der Waals surface area (Å²) in [5.41, 5.74) is 2.05. The molecule has 0 spiro atoms. The maximum Gasteiger partial charge on any atom is 0.325 e. The van der Waals surface area contributed by atoms with E-state index in [1.54, 1.807) is 14.2 Å². The Morgan fingerprint density at radius 1 is 1.23 bits per heavy atom. The summed E-state index contributed by atoms with van der Waals surface area (Å²) in [5, 5.41) is 2.40. The largest absolute Gasteiger partial charge is 0.385 e. The molecule has 2 atom stereocenters. The number of likely N-dealkylation sites (N-methyl/N-ethyl adjacent to an activating group) is 1. The van der Waals surface area contributed by atoms with Gasteiger partial charge in [0, 0.05) is 33.5 Å². The van der Waals surface area contributed by atoms with Crippen molar-refractivity contribution in [3.63, 3.8) is 0 Å². The van der Waals surface area contributed by atoms with Gasteiger partial charge in [-0.15, -0.1) is 0 Å². The number of carbonyl (C=O) groups is 2. The van der Waals surface area contributed by atoms with Gasteiger partial charge in [-0.3, -0.25) is 10.1 Å². The predicted molar refractivity (Wildman–Crippen MR) is 95.8 cm³/mol. The van der Waals surface area contributed by atoms with Gasteiger partial charge < -0.3 is 19.4 Å². The van der Waals surface area contributed by atoms with Crippen LogP contribution in [0.15, 0.2) is 41.5 Å². The zero-order valence-electron chi connectivity index (χ0n) is 14.8. The Bertz CT molecular complexity index is 791. The molecule has 0 saturated carbocycles. The number of methoxy groups -OCH3 is 1. The van der Waals surface area contributed by atoms with Gasteiger partial charge in [0.15, 0.2) is 12.2 Å². The Morgan fingerprint density at radius 2 is 2.00 bits per heavy atom. The van der Waals surface area contributed by atoms with Crippen molar-refractivity contribution in [2.45, 2.75) is 18.6 Å². The third-order valence-electron chi connectivity index (χ3n) is 4.87. The number of carbonyl (C=O) groups excluding carboxylic acids is 2. The van der Waals surface area contributed by atoms with Gasteiger partial charge in [-0.2, -0.15) is 0 Å². The Kier molecular flexibility index (Phi) is 4.12. The van der Waals surface area contributed by atoms with Crippen molar-refractivity contribution in [3.8, 4) is 0 Å². The van der Waals surface area contributed by atoms with Crippen LogP contribution in [0, 0.1) is 0 Å². The molecule has 136 valence electrons. The lowest BCUT2D eigenvalue weighted by atomic mass is 10.1. The van der Waals surface area contributed by atoms with E-state index in [9.17, 15) is 9.59 Å². The molecule has 8 heteroatoms. The predicted octanol–water partition coefficient (Wildman–Crippen LogP) is 0.885. The second-order valence-corrected chi connectivity index (χ2v) is 6.48. The fourth-order valence-corrected chi connectivity index (χ4v) is 3.55. The van der Waals surface area contributed by atoms with Crippen molar-refractivity contribution in [2.24, 2.45) is 4.99 Å². The van der Waals surface area contributed by atoms with Crippen molar-refractivity contribution in [2.75, 3.05) is 27.3 Å². The van der Waals surface area contributed by atoms with E-state index < -0.39 is 18.2 Å². The molecule has 3 aliphatic rings. The number of rotatable bonds is 5. The second-order valence-electron chi connectivity index (χ2n) is 6.48. The lowest BCUT2D eigenvalue weighted by Gasteiger charge is -2.34. The first-order chi connectivity index (χ1) is 12.6. The highest BCUT2D eigenvalue weighted by atomic mass is 16.5. The van der Waals surface area contributed by atoms with Crippen LogP contribution in [0.5, 0.6) is 0 Å². The summed E-state index contributed by atoms with van der Waals surface area (Å²) in [6.07, 6.45) is 2.27. The Morgan fingerprint density at radius 3 is 2.73 bits per heavy atom. The number of imide groups is 1. The molecule has 3 aliphatic heterocycles. The van der Waals surface area contributed by atoms with E-state index in [1.807, 2.05) is 41.4 Å². The number of aliphatic imine (C=N–C) groups is 1. The van der Waals surface area contributed by atoms with E-state index in [-0.39, 0.29) is 5.91 Å². The molecule has 1 aromatic carbocycles. The number of amides is 3. The number of fused-ring (bicyclic) bond motifs is 3. The van der Waals surface area contributed by atoms with Gasteiger partial charge >= 0.3 is 6.03 Å². The molecule has 0 radical (unpaired) electrons. The van der Waals surface area contributed by atoms with Crippen LogP contribution < -0.4 is 5.32 Å².